The minimum atomic E-state index is -3.48. The molecule has 0 unspecified atom stereocenters. The zero-order valence-corrected chi connectivity index (χ0v) is 12.8. The molecule has 1 aliphatic rings. The highest BCUT2D eigenvalue weighted by Crippen LogP contribution is 2.28. The first-order valence-electron chi connectivity index (χ1n) is 7.03. The van der Waals surface area contributed by atoms with Crippen molar-refractivity contribution in [3.63, 3.8) is 0 Å². The lowest BCUT2D eigenvalue weighted by Crippen LogP contribution is -2.30. The van der Waals surface area contributed by atoms with Crippen LogP contribution in [0.1, 0.15) is 31.2 Å². The Balaban J connectivity index is 1.84. The number of benzene rings is 1. The topological polar surface area (TPSA) is 69.7 Å². The van der Waals surface area contributed by atoms with Crippen molar-refractivity contribution in [2.75, 3.05) is 6.26 Å². The monoisotopic (exact) mass is 312 g/mol. The van der Waals surface area contributed by atoms with Crippen LogP contribution in [0.15, 0.2) is 30.3 Å². The molecule has 1 aromatic rings. The summed E-state index contributed by atoms with van der Waals surface area (Å²) in [5.41, 5.74) is 0.936. The normalized spacial score (nSPS) is 22.7. The molecule has 1 fully saturated rings. The molecule has 0 radical (unpaired) electrons. The highest BCUT2D eigenvalue weighted by atomic mass is 32.2. The van der Waals surface area contributed by atoms with Gasteiger partial charge in [0.15, 0.2) is 0 Å². The van der Waals surface area contributed by atoms with Gasteiger partial charge in [-0.2, -0.15) is 8.42 Å². The second kappa shape index (κ2) is 7.04. The Bertz CT molecular complexity index is 567. The van der Waals surface area contributed by atoms with Gasteiger partial charge in [-0.3, -0.25) is 8.98 Å². The van der Waals surface area contributed by atoms with Crippen LogP contribution >= 0.6 is 0 Å². The Morgan fingerprint density at radius 3 is 2.62 bits per heavy atom. The van der Waals surface area contributed by atoms with E-state index in [0.29, 0.717) is 12.8 Å². The summed E-state index contributed by atoms with van der Waals surface area (Å²) in [7, 11) is -3.48. The smallest absolute Gasteiger partial charge is 0.309 e. The molecule has 1 saturated carbocycles. The molecule has 21 heavy (non-hydrogen) atoms. The minimum absolute atomic E-state index is 0.244. The molecular weight excluding hydrogens is 292 g/mol. The molecule has 1 aliphatic carbocycles. The maximum absolute atomic E-state index is 12.1. The number of carbonyl (C=O) groups is 1. The Labute approximate surface area is 125 Å². The van der Waals surface area contributed by atoms with Crippen LogP contribution in [0, 0.1) is 5.92 Å². The number of hydrogen-bond donors (Lipinski definition) is 0. The first kappa shape index (κ1) is 16.0. The summed E-state index contributed by atoms with van der Waals surface area (Å²) in [6, 6.07) is 9.46. The molecule has 0 amide bonds. The van der Waals surface area contributed by atoms with Crippen molar-refractivity contribution in [2.45, 2.75) is 38.4 Å². The van der Waals surface area contributed by atoms with Crippen LogP contribution in [-0.2, 0) is 30.4 Å². The molecule has 6 heteroatoms. The Kier molecular flexibility index (Phi) is 5.36. The molecule has 5 nitrogen and oxygen atoms in total. The van der Waals surface area contributed by atoms with E-state index in [-0.39, 0.29) is 18.5 Å². The summed E-state index contributed by atoms with van der Waals surface area (Å²) in [6.45, 7) is 0.244. The quantitative estimate of drug-likeness (QED) is 0.616. The van der Waals surface area contributed by atoms with Crippen LogP contribution in [0.4, 0.5) is 0 Å². The zero-order chi connectivity index (χ0) is 15.3. The van der Waals surface area contributed by atoms with Crippen molar-refractivity contribution < 1.29 is 22.1 Å². The van der Waals surface area contributed by atoms with Crippen LogP contribution < -0.4 is 0 Å². The van der Waals surface area contributed by atoms with Crippen molar-refractivity contribution in [3.8, 4) is 0 Å². The minimum Gasteiger partial charge on any atom is -0.461 e. The van der Waals surface area contributed by atoms with E-state index in [1.807, 2.05) is 30.3 Å². The molecule has 0 aliphatic heterocycles. The van der Waals surface area contributed by atoms with Crippen LogP contribution in [0.3, 0.4) is 0 Å². The van der Waals surface area contributed by atoms with Gasteiger partial charge < -0.3 is 4.74 Å². The first-order valence-corrected chi connectivity index (χ1v) is 8.84. The fraction of sp³-hybridized carbons (Fsp3) is 0.533. The lowest BCUT2D eigenvalue weighted by molar-refractivity contribution is -0.152. The predicted molar refractivity (Wildman–Crippen MR) is 77.9 cm³/mol. The second-order valence-electron chi connectivity index (χ2n) is 5.38. The highest BCUT2D eigenvalue weighted by molar-refractivity contribution is 7.86. The second-order valence-corrected chi connectivity index (χ2v) is 6.98. The fourth-order valence-electron chi connectivity index (χ4n) is 2.54. The summed E-state index contributed by atoms with van der Waals surface area (Å²) in [4.78, 5) is 12.1. The van der Waals surface area contributed by atoms with E-state index in [4.69, 9.17) is 8.92 Å². The van der Waals surface area contributed by atoms with Crippen LogP contribution in [-0.4, -0.2) is 26.7 Å². The van der Waals surface area contributed by atoms with Gasteiger partial charge >= 0.3 is 5.97 Å². The maximum Gasteiger partial charge on any atom is 0.309 e. The maximum atomic E-state index is 12.1. The number of rotatable bonds is 5. The lowest BCUT2D eigenvalue weighted by atomic mass is 9.87. The van der Waals surface area contributed by atoms with Gasteiger partial charge in [0.05, 0.1) is 18.3 Å². The average molecular weight is 312 g/mol. The van der Waals surface area contributed by atoms with Gasteiger partial charge in [-0.05, 0) is 31.2 Å². The summed E-state index contributed by atoms with van der Waals surface area (Å²) in [5.74, 6) is -0.560. The lowest BCUT2D eigenvalue weighted by Gasteiger charge is -2.26. The van der Waals surface area contributed by atoms with E-state index in [1.165, 1.54) is 0 Å². The Morgan fingerprint density at radius 1 is 1.24 bits per heavy atom. The van der Waals surface area contributed by atoms with E-state index in [9.17, 15) is 13.2 Å². The molecule has 0 N–H and O–H groups in total. The van der Waals surface area contributed by atoms with Gasteiger partial charge in [0.25, 0.3) is 10.1 Å². The Morgan fingerprint density at radius 2 is 1.95 bits per heavy atom. The average Bonchev–Trinajstić information content (AvgIpc) is 2.44. The third kappa shape index (κ3) is 5.47. The van der Waals surface area contributed by atoms with E-state index < -0.39 is 16.2 Å². The molecule has 2 rings (SSSR count). The van der Waals surface area contributed by atoms with Crippen molar-refractivity contribution in [3.05, 3.63) is 35.9 Å². The van der Waals surface area contributed by atoms with Crippen molar-refractivity contribution in [1.29, 1.82) is 0 Å². The van der Waals surface area contributed by atoms with Crippen molar-refractivity contribution >= 4 is 16.1 Å². The summed E-state index contributed by atoms with van der Waals surface area (Å²) < 4.78 is 32.6. The van der Waals surface area contributed by atoms with E-state index in [2.05, 4.69) is 0 Å². The van der Waals surface area contributed by atoms with Gasteiger partial charge in [0.1, 0.15) is 6.61 Å². The number of carbonyl (C=O) groups excluding carboxylic acids is 1. The van der Waals surface area contributed by atoms with E-state index in [1.54, 1.807) is 0 Å². The van der Waals surface area contributed by atoms with Crippen LogP contribution in [0.5, 0.6) is 0 Å². The number of ether oxygens (including phenoxy) is 1. The fourth-order valence-corrected chi connectivity index (χ4v) is 3.21. The Hall–Kier alpha value is -1.40. The zero-order valence-electron chi connectivity index (χ0n) is 12.0. The molecular formula is C15H20O5S. The van der Waals surface area contributed by atoms with Crippen molar-refractivity contribution in [1.82, 2.24) is 0 Å². The van der Waals surface area contributed by atoms with Crippen LogP contribution in [0.2, 0.25) is 0 Å². The standard InChI is InChI=1S/C15H20O5S/c1-21(17,18)20-14-9-5-8-13(10-14)15(16)19-11-12-6-3-2-4-7-12/h2-4,6-7,13-14H,5,8-11H2,1H3/t13-,14+/m1/s1. The first-order chi connectivity index (χ1) is 9.94. The molecule has 0 spiro atoms. The summed E-state index contributed by atoms with van der Waals surface area (Å²) in [5, 5.41) is 0. The van der Waals surface area contributed by atoms with Gasteiger partial charge in [-0.15, -0.1) is 0 Å². The third-order valence-electron chi connectivity index (χ3n) is 3.49. The largest absolute Gasteiger partial charge is 0.461 e. The number of esters is 1. The highest BCUT2D eigenvalue weighted by Gasteiger charge is 2.30. The summed E-state index contributed by atoms with van der Waals surface area (Å²) >= 11 is 0. The SMILES string of the molecule is CS(=O)(=O)O[C@H]1CCC[C@@H](C(=O)OCc2ccccc2)C1. The predicted octanol–water partition coefficient (Wildman–Crippen LogP) is 2.26. The molecule has 116 valence electrons. The molecule has 0 saturated heterocycles. The van der Waals surface area contributed by atoms with Gasteiger partial charge in [-0.25, -0.2) is 0 Å². The molecule has 0 bridgehead atoms. The van der Waals surface area contributed by atoms with Crippen LogP contribution in [0.25, 0.3) is 0 Å². The summed E-state index contributed by atoms with van der Waals surface area (Å²) in [6.07, 6.45) is 3.17. The molecule has 0 aromatic heterocycles. The molecule has 1 aromatic carbocycles. The molecule has 2 atom stereocenters. The van der Waals surface area contributed by atoms with Crippen molar-refractivity contribution in [2.24, 2.45) is 5.92 Å². The van der Waals surface area contributed by atoms with E-state index >= 15 is 0 Å². The van der Waals surface area contributed by atoms with E-state index in [0.717, 1.165) is 24.7 Å². The third-order valence-corrected chi connectivity index (χ3v) is 4.12. The van der Waals surface area contributed by atoms with Gasteiger partial charge in [0.2, 0.25) is 0 Å². The van der Waals surface area contributed by atoms with Gasteiger partial charge in [0, 0.05) is 0 Å². The molecule has 0 heterocycles. The van der Waals surface area contributed by atoms with Gasteiger partial charge in [-0.1, -0.05) is 30.3 Å². The number of hydrogen-bond acceptors (Lipinski definition) is 5.